The van der Waals surface area contributed by atoms with Crippen LogP contribution >= 0.6 is 22.9 Å². The van der Waals surface area contributed by atoms with Gasteiger partial charge in [-0.05, 0) is 35.6 Å². The smallest absolute Gasteiger partial charge is 0.387 e. The Morgan fingerprint density at radius 1 is 1.38 bits per heavy atom. The highest BCUT2D eigenvalue weighted by Crippen LogP contribution is 2.38. The first-order valence-corrected chi connectivity index (χ1v) is 10.1. The zero-order chi connectivity index (χ0) is 20.8. The molecule has 0 saturated heterocycles. The van der Waals surface area contributed by atoms with Crippen molar-refractivity contribution in [2.75, 3.05) is 6.54 Å². The number of nitrogens with one attached hydrogen (secondary N) is 1. The molecular formula is C21H17ClF3N3S. The van der Waals surface area contributed by atoms with Crippen LogP contribution in [0.2, 0.25) is 5.02 Å². The molecule has 150 valence electrons. The third kappa shape index (κ3) is 3.60. The molecule has 0 unspecified atom stereocenters. The maximum absolute atomic E-state index is 13.8. The van der Waals surface area contributed by atoms with Crippen LogP contribution in [0.3, 0.4) is 0 Å². The van der Waals surface area contributed by atoms with Crippen molar-refractivity contribution < 1.29 is 13.2 Å². The van der Waals surface area contributed by atoms with Gasteiger partial charge in [0, 0.05) is 33.4 Å². The van der Waals surface area contributed by atoms with E-state index in [4.69, 9.17) is 11.6 Å². The standard InChI is InChI=1S/C21H17ClF3N3S/c1-12(2)18-19(21(23,24)25)27-20(13-5-4-8-26-9-13)28(18)10-14-11-29-16-7-3-6-15(22)17(14)16/h3-7,9,11,26H,1,8,10H2,2H3. The first-order valence-electron chi connectivity index (χ1n) is 8.86. The van der Waals surface area contributed by atoms with Crippen LogP contribution in [0, 0.1) is 0 Å². The highest BCUT2D eigenvalue weighted by molar-refractivity contribution is 7.17. The number of rotatable bonds is 4. The Morgan fingerprint density at radius 2 is 2.17 bits per heavy atom. The van der Waals surface area contributed by atoms with Gasteiger partial charge in [-0.2, -0.15) is 13.2 Å². The van der Waals surface area contributed by atoms with E-state index in [0.29, 0.717) is 22.7 Å². The summed E-state index contributed by atoms with van der Waals surface area (Å²) >= 11 is 7.90. The first kappa shape index (κ1) is 19.8. The van der Waals surface area contributed by atoms with Crippen LogP contribution in [0.15, 0.2) is 48.5 Å². The minimum atomic E-state index is -4.59. The van der Waals surface area contributed by atoms with Gasteiger partial charge in [0.2, 0.25) is 0 Å². The van der Waals surface area contributed by atoms with Crippen molar-refractivity contribution >= 4 is 44.2 Å². The molecule has 1 N–H and O–H groups in total. The molecule has 29 heavy (non-hydrogen) atoms. The average Bonchev–Trinajstić information content (AvgIpc) is 3.25. The molecule has 3 heterocycles. The minimum Gasteiger partial charge on any atom is -0.387 e. The number of halogens is 4. The Balaban J connectivity index is 1.95. The monoisotopic (exact) mass is 435 g/mol. The molecule has 0 bridgehead atoms. The molecule has 4 rings (SSSR count). The van der Waals surface area contributed by atoms with Gasteiger partial charge in [0.25, 0.3) is 0 Å². The number of nitrogens with zero attached hydrogens (tertiary/aromatic N) is 2. The second-order valence-corrected chi connectivity index (χ2v) is 8.10. The topological polar surface area (TPSA) is 29.9 Å². The number of imidazole rings is 1. The lowest BCUT2D eigenvalue weighted by Gasteiger charge is -2.15. The molecule has 8 heteroatoms. The van der Waals surface area contributed by atoms with Gasteiger partial charge < -0.3 is 9.88 Å². The lowest BCUT2D eigenvalue weighted by atomic mass is 10.1. The molecular weight excluding hydrogens is 419 g/mol. The number of fused-ring (bicyclic) bond motifs is 1. The molecule has 0 radical (unpaired) electrons. The molecule has 0 aliphatic carbocycles. The fraction of sp³-hybridized carbons (Fsp3) is 0.190. The molecule has 1 aromatic carbocycles. The highest BCUT2D eigenvalue weighted by atomic mass is 35.5. The van der Waals surface area contributed by atoms with Gasteiger partial charge in [0.15, 0.2) is 5.69 Å². The van der Waals surface area contributed by atoms with E-state index in [-0.39, 0.29) is 18.1 Å². The number of hydrogen-bond acceptors (Lipinski definition) is 3. The van der Waals surface area contributed by atoms with E-state index < -0.39 is 11.9 Å². The maximum Gasteiger partial charge on any atom is 0.435 e. The van der Waals surface area contributed by atoms with Crippen molar-refractivity contribution in [2.24, 2.45) is 0 Å². The molecule has 2 aromatic heterocycles. The molecule has 0 atom stereocenters. The van der Waals surface area contributed by atoms with E-state index in [0.717, 1.165) is 15.6 Å². The van der Waals surface area contributed by atoms with Gasteiger partial charge in [0.1, 0.15) is 5.82 Å². The van der Waals surface area contributed by atoms with Crippen molar-refractivity contribution in [2.45, 2.75) is 19.6 Å². The molecule has 0 saturated carbocycles. The average molecular weight is 436 g/mol. The lowest BCUT2D eigenvalue weighted by molar-refractivity contribution is -0.141. The zero-order valence-corrected chi connectivity index (χ0v) is 17.0. The minimum absolute atomic E-state index is 0.0150. The van der Waals surface area contributed by atoms with Crippen LogP contribution in [0.5, 0.6) is 0 Å². The van der Waals surface area contributed by atoms with Crippen LogP contribution in [0.25, 0.3) is 21.2 Å². The molecule has 0 fully saturated rings. The van der Waals surface area contributed by atoms with Crippen molar-refractivity contribution in [3.05, 3.63) is 76.3 Å². The van der Waals surface area contributed by atoms with Crippen molar-refractivity contribution in [1.82, 2.24) is 14.9 Å². The van der Waals surface area contributed by atoms with E-state index in [1.807, 2.05) is 23.6 Å². The van der Waals surface area contributed by atoms with Crippen LogP contribution < -0.4 is 5.32 Å². The zero-order valence-electron chi connectivity index (χ0n) is 15.5. The molecule has 3 nitrogen and oxygen atoms in total. The van der Waals surface area contributed by atoms with Gasteiger partial charge in [0.05, 0.1) is 12.2 Å². The summed E-state index contributed by atoms with van der Waals surface area (Å²) in [6.07, 6.45) is 0.713. The number of alkyl halides is 3. The van der Waals surface area contributed by atoms with E-state index in [2.05, 4.69) is 16.9 Å². The summed E-state index contributed by atoms with van der Waals surface area (Å²) in [5.41, 5.74) is 0.790. The first-order chi connectivity index (χ1) is 13.8. The Labute approximate surface area is 174 Å². The summed E-state index contributed by atoms with van der Waals surface area (Å²) in [4.78, 5) is 4.00. The van der Waals surface area contributed by atoms with Gasteiger partial charge in [-0.3, -0.25) is 0 Å². The largest absolute Gasteiger partial charge is 0.435 e. The quantitative estimate of drug-likeness (QED) is 0.517. The summed E-state index contributed by atoms with van der Waals surface area (Å²) in [6, 6.07) is 5.59. The van der Waals surface area contributed by atoms with E-state index in [1.165, 1.54) is 11.3 Å². The second kappa shape index (κ2) is 7.39. The van der Waals surface area contributed by atoms with Gasteiger partial charge in [-0.25, -0.2) is 4.98 Å². The fourth-order valence-corrected chi connectivity index (χ4v) is 4.79. The summed E-state index contributed by atoms with van der Waals surface area (Å²) in [6.45, 7) is 6.18. The van der Waals surface area contributed by atoms with Crippen LogP contribution in [-0.4, -0.2) is 16.1 Å². The predicted molar refractivity (Wildman–Crippen MR) is 113 cm³/mol. The fourth-order valence-electron chi connectivity index (χ4n) is 3.46. The molecule has 0 amide bonds. The predicted octanol–water partition coefficient (Wildman–Crippen LogP) is 6.35. The third-order valence-electron chi connectivity index (χ3n) is 4.64. The molecule has 1 aliphatic rings. The third-order valence-corrected chi connectivity index (χ3v) is 5.95. The number of allylic oxidation sites excluding steroid dienone is 3. The van der Waals surface area contributed by atoms with Crippen LogP contribution in [-0.2, 0) is 12.7 Å². The van der Waals surface area contributed by atoms with E-state index in [9.17, 15) is 13.2 Å². The summed E-state index contributed by atoms with van der Waals surface area (Å²) in [7, 11) is 0. The number of hydrogen-bond donors (Lipinski definition) is 1. The normalized spacial score (nSPS) is 14.2. The van der Waals surface area contributed by atoms with Gasteiger partial charge in [-0.1, -0.05) is 36.4 Å². The number of benzene rings is 1. The number of dihydropyridines is 1. The maximum atomic E-state index is 13.8. The molecule has 3 aromatic rings. The van der Waals surface area contributed by atoms with Gasteiger partial charge >= 0.3 is 6.18 Å². The highest BCUT2D eigenvalue weighted by Gasteiger charge is 2.39. The SMILES string of the molecule is C=C(C)c1c(C(F)(F)F)nc(C2=CNCC=C2)n1Cc1csc2cccc(Cl)c12. The Bertz CT molecular complexity index is 1170. The summed E-state index contributed by atoms with van der Waals surface area (Å²) < 4.78 is 43.9. The molecule has 1 aliphatic heterocycles. The Hall–Kier alpha value is -2.51. The van der Waals surface area contributed by atoms with Crippen molar-refractivity contribution in [3.63, 3.8) is 0 Å². The van der Waals surface area contributed by atoms with E-state index >= 15 is 0 Å². The summed E-state index contributed by atoms with van der Waals surface area (Å²) in [5.74, 6) is 0.241. The number of aromatic nitrogens is 2. The lowest BCUT2D eigenvalue weighted by Crippen LogP contribution is -2.13. The van der Waals surface area contributed by atoms with Crippen molar-refractivity contribution in [3.8, 4) is 0 Å². The number of thiophene rings is 1. The Morgan fingerprint density at radius 3 is 2.83 bits per heavy atom. The Kier molecular flexibility index (Phi) is 5.04. The van der Waals surface area contributed by atoms with Gasteiger partial charge in [-0.15, -0.1) is 11.3 Å². The van der Waals surface area contributed by atoms with Crippen LogP contribution in [0.4, 0.5) is 13.2 Å². The second-order valence-electron chi connectivity index (χ2n) is 6.78. The van der Waals surface area contributed by atoms with E-state index in [1.54, 1.807) is 29.8 Å². The van der Waals surface area contributed by atoms with Crippen molar-refractivity contribution in [1.29, 1.82) is 0 Å². The molecule has 0 spiro atoms. The van der Waals surface area contributed by atoms with Crippen LogP contribution in [0.1, 0.15) is 29.7 Å². The summed E-state index contributed by atoms with van der Waals surface area (Å²) in [5, 5.41) is 6.39.